The van der Waals surface area contributed by atoms with Gasteiger partial charge in [-0.05, 0) is 12.8 Å². The molecule has 5 heavy (non-hydrogen) atoms. The second-order valence-corrected chi connectivity index (χ2v) is 1.49. The van der Waals surface area contributed by atoms with Crippen molar-refractivity contribution < 1.29 is 3.62 Å². The second kappa shape index (κ2) is 1.31. The summed E-state index contributed by atoms with van der Waals surface area (Å²) in [5.41, 5.74) is 0. The maximum Gasteiger partial charge on any atom is 0.444 e. The van der Waals surface area contributed by atoms with Crippen LogP contribution in [0, 0.1) is 0 Å². The standard InChI is InChI=1S/B3HNS/c1-4(2,3)5/h5H/q+1. The topological polar surface area (TPSA) is 0 Å². The Kier molecular flexibility index (Phi) is 1.44. The van der Waals surface area contributed by atoms with Crippen molar-refractivity contribution in [2.75, 3.05) is 0 Å². The molecule has 1 nitrogen and oxygen atoms in total. The molecule has 0 aromatic rings. The third kappa shape index (κ3) is 111. The van der Waals surface area contributed by atoms with E-state index in [0.717, 1.165) is 0 Å². The van der Waals surface area contributed by atoms with E-state index >= 15 is 0 Å². The van der Waals surface area contributed by atoms with Crippen molar-refractivity contribution in [3.63, 3.8) is 0 Å². The molecule has 6 radical (unpaired) electrons. The molecule has 0 aromatic heterocycles. The molecule has 0 aliphatic rings. The van der Waals surface area contributed by atoms with Crippen LogP contribution in [0.3, 0.4) is 0 Å². The zero-order valence-electron chi connectivity index (χ0n) is 2.63. The molecule has 0 saturated heterocycles. The monoisotopic (exact) mass is 80.0 g/mol. The highest BCUT2D eigenvalue weighted by molar-refractivity contribution is 7.76. The number of quaternary nitrogens is 1. The summed E-state index contributed by atoms with van der Waals surface area (Å²) in [5.74, 6) is 0. The Morgan fingerprint density at radius 2 is 1.20 bits per heavy atom. The molecule has 0 fully saturated rings. The number of hydrogen-bond donors (Lipinski definition) is 1. The van der Waals surface area contributed by atoms with Crippen LogP contribution in [0.15, 0.2) is 0 Å². The fourth-order valence-electron chi connectivity index (χ4n) is 0. The van der Waals surface area contributed by atoms with Crippen molar-refractivity contribution >= 4 is 36.8 Å². The number of hydrogen-bond acceptors (Lipinski definition) is 1. The second-order valence-electron chi connectivity index (χ2n) is 0.794. The molecular formula is HB3NS+. The van der Waals surface area contributed by atoms with E-state index in [1.165, 1.54) is 0 Å². The lowest BCUT2D eigenvalue weighted by molar-refractivity contribution is -0.356. The summed E-state index contributed by atoms with van der Waals surface area (Å²) in [4.78, 5) is 0. The van der Waals surface area contributed by atoms with Gasteiger partial charge in [-0.15, -0.1) is 0 Å². The van der Waals surface area contributed by atoms with Crippen LogP contribution in [0.1, 0.15) is 0 Å². The lowest BCUT2D eigenvalue weighted by atomic mass is 10.0. The summed E-state index contributed by atoms with van der Waals surface area (Å²) < 4.78 is -0.806. The van der Waals surface area contributed by atoms with Gasteiger partial charge in [-0.1, -0.05) is 0 Å². The van der Waals surface area contributed by atoms with Crippen LogP contribution in [0.5, 0.6) is 0 Å². The number of nitrogens with zero attached hydrogens (tertiary/aromatic N) is 1. The quantitative estimate of drug-likeness (QED) is 0.277. The van der Waals surface area contributed by atoms with E-state index < -0.39 is 3.62 Å². The molecule has 0 aliphatic carbocycles. The Labute approximate surface area is 41.2 Å². The highest BCUT2D eigenvalue weighted by Crippen LogP contribution is 1.85. The Balaban J connectivity index is 3.02. The number of rotatable bonds is 0. The Bertz CT molecular complexity index is 22.4. The predicted molar refractivity (Wildman–Crippen MR) is 26.5 cm³/mol. The molecule has 0 saturated carbocycles. The molecule has 0 spiro atoms. The maximum absolute atomic E-state index is 4.71. The van der Waals surface area contributed by atoms with Crippen molar-refractivity contribution in [1.29, 1.82) is 0 Å². The van der Waals surface area contributed by atoms with Crippen LogP contribution in [0.4, 0.5) is 0 Å². The van der Waals surface area contributed by atoms with Crippen LogP contribution in [0.25, 0.3) is 0 Å². The zero-order valence-corrected chi connectivity index (χ0v) is 3.52. The van der Waals surface area contributed by atoms with E-state index in [4.69, 9.17) is 23.9 Å². The molecule has 0 aliphatic heterocycles. The first kappa shape index (κ1) is 5.50. The molecule has 0 atom stereocenters. The normalized spacial score (nSPS) is 11.4. The minimum Gasteiger partial charge on any atom is -0.488 e. The summed E-state index contributed by atoms with van der Waals surface area (Å²) in [6.45, 7) is 0. The van der Waals surface area contributed by atoms with E-state index in [0.29, 0.717) is 0 Å². The average molecular weight is 79.5 g/mol. The van der Waals surface area contributed by atoms with Gasteiger partial charge in [0.2, 0.25) is 0 Å². The fourth-order valence-corrected chi connectivity index (χ4v) is 0. The first-order chi connectivity index (χ1) is 2.00. The van der Waals surface area contributed by atoms with Crippen molar-refractivity contribution in [3.05, 3.63) is 0 Å². The molecule has 0 unspecified atom stereocenters. The third-order valence-electron chi connectivity index (χ3n) is 0. The van der Waals surface area contributed by atoms with E-state index in [1.807, 2.05) is 0 Å². The molecular weight excluding hydrogens is 78.5 g/mol. The van der Waals surface area contributed by atoms with Crippen LogP contribution in [-0.4, -0.2) is 27.6 Å². The van der Waals surface area contributed by atoms with Gasteiger partial charge in [-0.3, -0.25) is 0 Å². The van der Waals surface area contributed by atoms with E-state index in [2.05, 4.69) is 12.8 Å². The molecule has 0 heterocycles. The summed E-state index contributed by atoms with van der Waals surface area (Å²) in [6, 6.07) is 0. The fraction of sp³-hybridized carbons (Fsp3) is 0. The van der Waals surface area contributed by atoms with Gasteiger partial charge in [-0.25, -0.2) is 0 Å². The first-order valence-electron chi connectivity index (χ1n) is 0.975. The van der Waals surface area contributed by atoms with Gasteiger partial charge >= 0.3 is 23.9 Å². The molecule has 0 rings (SSSR count). The van der Waals surface area contributed by atoms with Gasteiger partial charge < -0.3 is 3.62 Å². The van der Waals surface area contributed by atoms with E-state index in [1.54, 1.807) is 0 Å². The van der Waals surface area contributed by atoms with Crippen molar-refractivity contribution in [2.45, 2.75) is 0 Å². The summed E-state index contributed by atoms with van der Waals surface area (Å²) in [6.07, 6.45) is 0. The Morgan fingerprint density at radius 1 is 1.20 bits per heavy atom. The molecule has 0 bridgehead atoms. The highest BCUT2D eigenvalue weighted by Gasteiger charge is 1.98. The van der Waals surface area contributed by atoms with Crippen molar-refractivity contribution in [3.8, 4) is 0 Å². The first-order valence-corrected chi connectivity index (χ1v) is 1.37. The molecule has 0 amide bonds. The van der Waals surface area contributed by atoms with Crippen molar-refractivity contribution in [1.82, 2.24) is 0 Å². The zero-order chi connectivity index (χ0) is 4.50. The highest BCUT2D eigenvalue weighted by atomic mass is 32.1. The smallest absolute Gasteiger partial charge is 0.444 e. The van der Waals surface area contributed by atoms with E-state index in [9.17, 15) is 0 Å². The van der Waals surface area contributed by atoms with Crippen LogP contribution in [-0.2, 0) is 0 Å². The largest absolute Gasteiger partial charge is 0.488 e. The summed E-state index contributed by atoms with van der Waals surface area (Å²) in [7, 11) is 14.1. The van der Waals surface area contributed by atoms with Gasteiger partial charge in [0.25, 0.3) is 0 Å². The van der Waals surface area contributed by atoms with Crippen molar-refractivity contribution in [2.24, 2.45) is 0 Å². The van der Waals surface area contributed by atoms with Gasteiger partial charge in [0.15, 0.2) is 0 Å². The predicted octanol–water partition coefficient (Wildman–Crippen LogP) is -1.10. The van der Waals surface area contributed by atoms with Crippen LogP contribution < -0.4 is 0 Å². The van der Waals surface area contributed by atoms with Gasteiger partial charge in [0.1, 0.15) is 0 Å². The maximum atomic E-state index is 4.71. The van der Waals surface area contributed by atoms with Gasteiger partial charge in [0, 0.05) is 0 Å². The van der Waals surface area contributed by atoms with Gasteiger partial charge in [0.05, 0.1) is 0 Å². The SMILES string of the molecule is [B][N+]([B])([B])S. The van der Waals surface area contributed by atoms with E-state index in [-0.39, 0.29) is 0 Å². The molecule has 0 N–H and O–H groups in total. The number of thiol groups is 1. The Hall–Kier alpha value is 0.505. The molecule has 0 aromatic carbocycles. The third-order valence-corrected chi connectivity index (χ3v) is 0. The summed E-state index contributed by atoms with van der Waals surface area (Å²) >= 11 is 3.39. The lowest BCUT2D eigenvalue weighted by Gasteiger charge is -2.13. The van der Waals surface area contributed by atoms with Gasteiger partial charge in [-0.2, -0.15) is 0 Å². The lowest BCUT2D eigenvalue weighted by Crippen LogP contribution is -2.27. The van der Waals surface area contributed by atoms with Crippen LogP contribution in [0.2, 0.25) is 0 Å². The Morgan fingerprint density at radius 3 is 1.20 bits per heavy atom. The minimum absolute atomic E-state index is 0.806. The molecule has 20 valence electrons. The van der Waals surface area contributed by atoms with Crippen LogP contribution >= 0.6 is 12.8 Å². The summed E-state index contributed by atoms with van der Waals surface area (Å²) in [5, 5.41) is 0. The molecule has 5 heteroatoms. The average Bonchev–Trinajstić information content (AvgIpc) is 0.722. The minimum atomic E-state index is -0.806.